The van der Waals surface area contributed by atoms with Crippen molar-refractivity contribution in [1.29, 1.82) is 0 Å². The number of fused-ring (bicyclic) bond motifs is 5. The third-order valence-electron chi connectivity index (χ3n) is 8.73. The third kappa shape index (κ3) is 3.37. The summed E-state index contributed by atoms with van der Waals surface area (Å²) < 4.78 is 12.3. The molecule has 5 N–H and O–H groups in total. The molecule has 0 heterocycles. The Bertz CT molecular complexity index is 924. The molecule has 4 rings (SSSR count). The average molecular weight is 464 g/mol. The van der Waals surface area contributed by atoms with Gasteiger partial charge < -0.3 is 25.1 Å². The molecule has 0 bridgehead atoms. The predicted molar refractivity (Wildman–Crippen MR) is 113 cm³/mol. The Hall–Kier alpha value is -0.150. The zero-order valence-corrected chi connectivity index (χ0v) is 18.0. The Balaban J connectivity index is 0.00000272. The molecule has 7 atom stereocenters. The third-order valence-corrected chi connectivity index (χ3v) is 9.95. The van der Waals surface area contributed by atoms with Gasteiger partial charge in [-0.2, -0.15) is 0 Å². The van der Waals surface area contributed by atoms with Gasteiger partial charge in [0.1, 0.15) is 12.2 Å². The molecular formula is C21H30NaO8P. The summed E-state index contributed by atoms with van der Waals surface area (Å²) in [6.07, 6.45) is 3.22. The summed E-state index contributed by atoms with van der Waals surface area (Å²) in [5.74, 6) is -2.00. The van der Waals surface area contributed by atoms with Gasteiger partial charge in [-0.1, -0.05) is 19.4 Å². The number of hydrogen-bond donors (Lipinski definition) is 5. The van der Waals surface area contributed by atoms with E-state index in [2.05, 4.69) is 0 Å². The molecule has 0 aromatic rings. The van der Waals surface area contributed by atoms with Gasteiger partial charge in [0.05, 0.1) is 11.4 Å². The minimum absolute atomic E-state index is 0. The summed E-state index contributed by atoms with van der Waals surface area (Å²) in [5, 5.41) is 31.6. The van der Waals surface area contributed by atoms with Gasteiger partial charge in [-0.3, -0.25) is 14.2 Å². The van der Waals surface area contributed by atoms with Crippen molar-refractivity contribution in [1.82, 2.24) is 0 Å². The number of Topliss-reactive ketones (excluding diaryl/α,β-unsaturated/α-hetero) is 1. The standard InChI is InChI=1S/C21H29O8P.Na.H/c1-19-9-15(24)18-13(14(19)5-6-21(19,26)16(25)10-22)4-3-11-7-12(23)8-17(20(11,18)2)30(27,28)29;;/h7-8,13-15,18,22,24,26H,3-6,9-10H2,1-2H3,(H2,27,28,29);;/t13-,14-,15-,18+,19-,20+,21-;;/m0../s1. The number of aliphatic hydroxyl groups is 3. The molecule has 4 aliphatic rings. The zero-order chi connectivity index (χ0) is 22.3. The molecule has 168 valence electrons. The van der Waals surface area contributed by atoms with Gasteiger partial charge in [0.15, 0.2) is 11.6 Å². The number of carbonyl (C=O) groups excluding carboxylic acids is 2. The Morgan fingerprint density at radius 2 is 1.87 bits per heavy atom. The van der Waals surface area contributed by atoms with Crippen molar-refractivity contribution in [2.75, 3.05) is 6.61 Å². The van der Waals surface area contributed by atoms with E-state index in [1.54, 1.807) is 13.8 Å². The molecule has 3 saturated carbocycles. The molecule has 0 aromatic heterocycles. The van der Waals surface area contributed by atoms with E-state index >= 15 is 0 Å². The van der Waals surface area contributed by atoms with E-state index in [1.165, 1.54) is 6.08 Å². The summed E-state index contributed by atoms with van der Waals surface area (Å²) in [4.78, 5) is 44.6. The van der Waals surface area contributed by atoms with Crippen LogP contribution in [0.3, 0.4) is 0 Å². The van der Waals surface area contributed by atoms with E-state index in [4.69, 9.17) is 0 Å². The number of ketones is 2. The molecule has 3 fully saturated rings. The van der Waals surface area contributed by atoms with Crippen LogP contribution in [-0.4, -0.2) is 84.5 Å². The molecular weight excluding hydrogens is 434 g/mol. The number of allylic oxidation sites excluding steroid dienone is 4. The minimum atomic E-state index is -4.76. The Labute approximate surface area is 203 Å². The molecule has 4 aliphatic carbocycles. The van der Waals surface area contributed by atoms with Crippen molar-refractivity contribution >= 4 is 48.7 Å². The van der Waals surface area contributed by atoms with E-state index < -0.39 is 54.2 Å². The van der Waals surface area contributed by atoms with Crippen LogP contribution in [0.1, 0.15) is 46.0 Å². The van der Waals surface area contributed by atoms with Gasteiger partial charge in [-0.25, -0.2) is 0 Å². The molecule has 0 amide bonds. The van der Waals surface area contributed by atoms with Crippen molar-refractivity contribution in [3.63, 3.8) is 0 Å². The van der Waals surface area contributed by atoms with Gasteiger partial charge in [-0.05, 0) is 56.1 Å². The van der Waals surface area contributed by atoms with Crippen molar-refractivity contribution < 1.29 is 39.3 Å². The van der Waals surface area contributed by atoms with Gasteiger partial charge in [0.25, 0.3) is 0 Å². The molecule has 31 heavy (non-hydrogen) atoms. The van der Waals surface area contributed by atoms with Gasteiger partial charge in [0.2, 0.25) is 0 Å². The summed E-state index contributed by atoms with van der Waals surface area (Å²) in [6, 6.07) is 0. The molecule has 0 spiro atoms. The first-order chi connectivity index (χ1) is 13.8. The van der Waals surface area contributed by atoms with Crippen LogP contribution >= 0.6 is 7.60 Å². The van der Waals surface area contributed by atoms with E-state index in [-0.39, 0.29) is 59.5 Å². The van der Waals surface area contributed by atoms with Crippen LogP contribution in [0.5, 0.6) is 0 Å². The van der Waals surface area contributed by atoms with Crippen LogP contribution in [0.4, 0.5) is 0 Å². The van der Waals surface area contributed by atoms with Crippen molar-refractivity contribution in [3.8, 4) is 0 Å². The average Bonchev–Trinajstić information content (AvgIpc) is 2.91. The van der Waals surface area contributed by atoms with Crippen LogP contribution < -0.4 is 0 Å². The van der Waals surface area contributed by atoms with Crippen molar-refractivity contribution in [3.05, 3.63) is 23.0 Å². The predicted octanol–water partition coefficient (Wildman–Crippen LogP) is 0.414. The summed E-state index contributed by atoms with van der Waals surface area (Å²) in [7, 11) is -4.76. The van der Waals surface area contributed by atoms with Crippen LogP contribution in [-0.2, 0) is 14.2 Å². The first-order valence-electron chi connectivity index (χ1n) is 10.4. The second kappa shape index (κ2) is 7.97. The number of hydrogen-bond acceptors (Lipinski definition) is 6. The molecule has 0 saturated heterocycles. The normalized spacial score (nSPS) is 44.3. The first-order valence-corrected chi connectivity index (χ1v) is 12.0. The van der Waals surface area contributed by atoms with Crippen LogP contribution in [0.2, 0.25) is 0 Å². The fourth-order valence-electron chi connectivity index (χ4n) is 7.40. The summed E-state index contributed by atoms with van der Waals surface area (Å²) in [6.45, 7) is 2.69. The number of carbonyl (C=O) groups is 2. The monoisotopic (exact) mass is 464 g/mol. The molecule has 0 aromatic carbocycles. The molecule has 8 nitrogen and oxygen atoms in total. The zero-order valence-electron chi connectivity index (χ0n) is 17.1. The van der Waals surface area contributed by atoms with Gasteiger partial charge >= 0.3 is 37.2 Å². The van der Waals surface area contributed by atoms with Crippen LogP contribution in [0.25, 0.3) is 0 Å². The van der Waals surface area contributed by atoms with Gasteiger partial charge in [-0.15, -0.1) is 0 Å². The van der Waals surface area contributed by atoms with Crippen LogP contribution in [0.15, 0.2) is 23.0 Å². The Morgan fingerprint density at radius 3 is 2.45 bits per heavy atom. The van der Waals surface area contributed by atoms with Crippen molar-refractivity contribution in [2.45, 2.75) is 57.7 Å². The Kier molecular flexibility index (Phi) is 6.54. The first kappa shape index (κ1) is 25.5. The maximum absolute atomic E-state index is 12.4. The quantitative estimate of drug-likeness (QED) is 0.298. The number of rotatable bonds is 3. The molecule has 0 unspecified atom stereocenters. The fourth-order valence-corrected chi connectivity index (χ4v) is 8.59. The number of aliphatic hydroxyl groups excluding tert-OH is 2. The van der Waals surface area contributed by atoms with Crippen molar-refractivity contribution in [2.24, 2.45) is 28.6 Å². The molecule has 0 aliphatic heterocycles. The van der Waals surface area contributed by atoms with Gasteiger partial charge in [0, 0.05) is 16.7 Å². The van der Waals surface area contributed by atoms with E-state index in [0.29, 0.717) is 24.8 Å². The molecule has 10 heteroatoms. The summed E-state index contributed by atoms with van der Waals surface area (Å²) >= 11 is 0. The second-order valence-corrected chi connectivity index (χ2v) is 11.4. The van der Waals surface area contributed by atoms with Crippen LogP contribution in [0, 0.1) is 28.6 Å². The topological polar surface area (TPSA) is 152 Å². The second-order valence-electron chi connectivity index (χ2n) is 9.85. The fraction of sp³-hybridized carbons (Fsp3) is 0.714. The SMILES string of the molecule is C[C@@]12C(=CC(=O)C=C1P(=O)(O)O)CC[C@@H]1[C@@H]2[C@@H](O)C[C@@]2(C)[C@H]1CC[C@]2(O)C(=O)CO.[NaH]. The van der Waals surface area contributed by atoms with E-state index in [1.807, 2.05) is 0 Å². The maximum atomic E-state index is 12.4. The summed E-state index contributed by atoms with van der Waals surface area (Å²) in [5.41, 5.74) is -3.23. The Morgan fingerprint density at radius 1 is 1.23 bits per heavy atom. The van der Waals surface area contributed by atoms with E-state index in [9.17, 15) is 39.3 Å². The van der Waals surface area contributed by atoms with E-state index in [0.717, 1.165) is 6.08 Å². The molecule has 0 radical (unpaired) electrons.